The molecule has 20 heavy (non-hydrogen) atoms. The second-order valence-corrected chi connectivity index (χ2v) is 6.05. The van der Waals surface area contributed by atoms with Crippen molar-refractivity contribution in [2.24, 2.45) is 0 Å². The standard InChI is InChI=1S/C13H11NO4S2/c15-11-4-3-9(18-11)13(16)17-6-8-7-20-12(14-8)10-2-1-5-19-10/h1-2,5,7,9H,3-4,6H2/t9-/m0/s1. The molecule has 0 N–H and O–H groups in total. The molecule has 1 atom stereocenters. The molecule has 1 saturated heterocycles. The van der Waals surface area contributed by atoms with E-state index in [1.54, 1.807) is 11.3 Å². The zero-order valence-corrected chi connectivity index (χ0v) is 12.0. The Balaban J connectivity index is 1.56. The summed E-state index contributed by atoms with van der Waals surface area (Å²) in [5.74, 6) is -0.845. The lowest BCUT2D eigenvalue weighted by Gasteiger charge is -2.07. The summed E-state index contributed by atoms with van der Waals surface area (Å²) in [5.41, 5.74) is 0.705. The Hall–Kier alpha value is -1.73. The molecule has 0 unspecified atom stereocenters. The number of thiazole rings is 1. The van der Waals surface area contributed by atoms with Crippen LogP contribution in [0.4, 0.5) is 0 Å². The van der Waals surface area contributed by atoms with Crippen molar-refractivity contribution in [1.29, 1.82) is 0 Å². The number of carbonyl (C=O) groups is 2. The van der Waals surface area contributed by atoms with Crippen molar-refractivity contribution in [3.8, 4) is 9.88 Å². The van der Waals surface area contributed by atoms with Crippen molar-refractivity contribution < 1.29 is 19.1 Å². The van der Waals surface area contributed by atoms with E-state index in [0.29, 0.717) is 12.1 Å². The van der Waals surface area contributed by atoms with Gasteiger partial charge in [-0.2, -0.15) is 0 Å². The third kappa shape index (κ3) is 2.88. The molecule has 0 radical (unpaired) electrons. The summed E-state index contributed by atoms with van der Waals surface area (Å²) in [5, 5.41) is 4.77. The first-order valence-corrected chi connectivity index (χ1v) is 7.83. The van der Waals surface area contributed by atoms with E-state index < -0.39 is 12.1 Å². The number of ether oxygens (including phenoxy) is 2. The third-order valence-corrected chi connectivity index (χ3v) is 4.72. The fraction of sp³-hybridized carbons (Fsp3) is 0.308. The zero-order valence-electron chi connectivity index (χ0n) is 10.4. The van der Waals surface area contributed by atoms with Gasteiger partial charge in [0, 0.05) is 18.2 Å². The van der Waals surface area contributed by atoms with Gasteiger partial charge in [0.05, 0.1) is 10.6 Å². The van der Waals surface area contributed by atoms with Gasteiger partial charge < -0.3 is 9.47 Å². The number of esters is 2. The predicted octanol–water partition coefficient (Wildman–Crippen LogP) is 2.62. The van der Waals surface area contributed by atoms with Gasteiger partial charge in [-0.1, -0.05) is 6.07 Å². The molecular weight excluding hydrogens is 298 g/mol. The van der Waals surface area contributed by atoms with E-state index in [1.807, 2.05) is 22.9 Å². The number of hydrogen-bond donors (Lipinski definition) is 0. The quantitative estimate of drug-likeness (QED) is 0.812. The molecule has 2 aromatic rings. The van der Waals surface area contributed by atoms with Gasteiger partial charge in [-0.3, -0.25) is 4.79 Å². The van der Waals surface area contributed by atoms with Crippen molar-refractivity contribution in [1.82, 2.24) is 4.98 Å². The summed E-state index contributed by atoms with van der Waals surface area (Å²) in [6, 6.07) is 3.97. The van der Waals surface area contributed by atoms with Crippen LogP contribution in [0.25, 0.3) is 9.88 Å². The molecule has 3 rings (SSSR count). The maximum absolute atomic E-state index is 11.7. The molecular formula is C13H11NO4S2. The Bertz CT molecular complexity index is 620. The van der Waals surface area contributed by atoms with E-state index in [4.69, 9.17) is 9.47 Å². The molecule has 5 nitrogen and oxygen atoms in total. The lowest BCUT2D eigenvalue weighted by Crippen LogP contribution is -2.22. The number of carbonyl (C=O) groups excluding carboxylic acids is 2. The van der Waals surface area contributed by atoms with E-state index >= 15 is 0 Å². The molecule has 1 aliphatic rings. The normalized spacial score (nSPS) is 18.0. The van der Waals surface area contributed by atoms with Crippen LogP contribution in [-0.4, -0.2) is 23.0 Å². The smallest absolute Gasteiger partial charge is 0.347 e. The number of aromatic nitrogens is 1. The van der Waals surface area contributed by atoms with Crippen LogP contribution in [0.5, 0.6) is 0 Å². The summed E-state index contributed by atoms with van der Waals surface area (Å²) in [6.07, 6.45) is -0.0772. The van der Waals surface area contributed by atoms with Crippen molar-refractivity contribution in [2.45, 2.75) is 25.6 Å². The highest BCUT2D eigenvalue weighted by Crippen LogP contribution is 2.28. The number of cyclic esters (lactones) is 1. The van der Waals surface area contributed by atoms with Gasteiger partial charge >= 0.3 is 11.9 Å². The Morgan fingerprint density at radius 1 is 1.50 bits per heavy atom. The van der Waals surface area contributed by atoms with Crippen LogP contribution < -0.4 is 0 Å². The average molecular weight is 309 g/mol. The zero-order chi connectivity index (χ0) is 13.9. The molecule has 1 aliphatic heterocycles. The first-order valence-electron chi connectivity index (χ1n) is 6.07. The van der Waals surface area contributed by atoms with Gasteiger partial charge in [0.2, 0.25) is 0 Å². The lowest BCUT2D eigenvalue weighted by molar-refractivity contribution is -0.162. The molecule has 3 heterocycles. The minimum Gasteiger partial charge on any atom is -0.456 e. The highest BCUT2D eigenvalue weighted by molar-refractivity contribution is 7.20. The Kier molecular flexibility index (Phi) is 3.79. The third-order valence-electron chi connectivity index (χ3n) is 2.79. The van der Waals surface area contributed by atoms with Crippen LogP contribution in [-0.2, 0) is 25.7 Å². The van der Waals surface area contributed by atoms with Crippen molar-refractivity contribution >= 4 is 34.6 Å². The van der Waals surface area contributed by atoms with Crippen molar-refractivity contribution in [3.63, 3.8) is 0 Å². The van der Waals surface area contributed by atoms with E-state index in [1.165, 1.54) is 11.3 Å². The van der Waals surface area contributed by atoms with E-state index in [2.05, 4.69) is 4.98 Å². The summed E-state index contributed by atoms with van der Waals surface area (Å²) in [6.45, 7) is 0.106. The Morgan fingerprint density at radius 3 is 3.10 bits per heavy atom. The number of thiophene rings is 1. The number of hydrogen-bond acceptors (Lipinski definition) is 7. The van der Waals surface area contributed by atoms with Crippen LogP contribution >= 0.6 is 22.7 Å². The maximum atomic E-state index is 11.7. The number of rotatable bonds is 4. The molecule has 0 saturated carbocycles. The monoisotopic (exact) mass is 309 g/mol. The first-order chi connectivity index (χ1) is 9.72. The average Bonchev–Trinajstić information content (AvgIpc) is 3.16. The fourth-order valence-electron chi connectivity index (χ4n) is 1.82. The minimum atomic E-state index is -0.752. The van der Waals surface area contributed by atoms with Crippen LogP contribution in [0.1, 0.15) is 18.5 Å². The van der Waals surface area contributed by atoms with Gasteiger partial charge in [0.1, 0.15) is 11.6 Å². The van der Waals surface area contributed by atoms with Gasteiger partial charge in [0.25, 0.3) is 0 Å². The molecule has 2 aromatic heterocycles. The molecule has 104 valence electrons. The van der Waals surface area contributed by atoms with Gasteiger partial charge in [-0.05, 0) is 11.4 Å². The summed E-state index contributed by atoms with van der Waals surface area (Å²) in [4.78, 5) is 28.1. The lowest BCUT2D eigenvalue weighted by atomic mass is 10.2. The molecule has 0 bridgehead atoms. The van der Waals surface area contributed by atoms with Crippen LogP contribution in [0.2, 0.25) is 0 Å². The summed E-state index contributed by atoms with van der Waals surface area (Å²) in [7, 11) is 0. The second-order valence-electron chi connectivity index (χ2n) is 4.25. The van der Waals surface area contributed by atoms with Gasteiger partial charge in [-0.25, -0.2) is 9.78 Å². The molecule has 0 aliphatic carbocycles. The first kappa shape index (κ1) is 13.3. The highest BCUT2D eigenvalue weighted by atomic mass is 32.1. The minimum absolute atomic E-state index is 0.106. The molecule has 0 amide bonds. The summed E-state index contributed by atoms with van der Waals surface area (Å²) < 4.78 is 9.97. The summed E-state index contributed by atoms with van der Waals surface area (Å²) >= 11 is 3.13. The van der Waals surface area contributed by atoms with Crippen LogP contribution in [0, 0.1) is 0 Å². The Labute approximate surface area is 123 Å². The molecule has 7 heteroatoms. The predicted molar refractivity (Wildman–Crippen MR) is 74.3 cm³/mol. The van der Waals surface area contributed by atoms with Gasteiger partial charge in [0.15, 0.2) is 6.10 Å². The topological polar surface area (TPSA) is 65.5 Å². The van der Waals surface area contributed by atoms with Crippen molar-refractivity contribution in [2.75, 3.05) is 0 Å². The molecule has 1 fully saturated rings. The fourth-order valence-corrected chi connectivity index (χ4v) is 3.43. The molecule has 0 aromatic carbocycles. The van der Waals surface area contributed by atoms with E-state index in [-0.39, 0.29) is 19.0 Å². The maximum Gasteiger partial charge on any atom is 0.347 e. The van der Waals surface area contributed by atoms with Gasteiger partial charge in [-0.15, -0.1) is 22.7 Å². The number of nitrogens with zero attached hydrogens (tertiary/aromatic N) is 1. The Morgan fingerprint density at radius 2 is 2.40 bits per heavy atom. The SMILES string of the molecule is O=C1CC[C@@H](C(=O)OCc2csc(-c3cccs3)n2)O1. The molecule has 0 spiro atoms. The van der Waals surface area contributed by atoms with Crippen LogP contribution in [0.15, 0.2) is 22.9 Å². The van der Waals surface area contributed by atoms with E-state index in [0.717, 1.165) is 9.88 Å². The van der Waals surface area contributed by atoms with Crippen molar-refractivity contribution in [3.05, 3.63) is 28.6 Å². The van der Waals surface area contributed by atoms with Crippen LogP contribution in [0.3, 0.4) is 0 Å². The van der Waals surface area contributed by atoms with E-state index in [9.17, 15) is 9.59 Å². The highest BCUT2D eigenvalue weighted by Gasteiger charge is 2.31. The second kappa shape index (κ2) is 5.72. The largest absolute Gasteiger partial charge is 0.456 e.